The van der Waals surface area contributed by atoms with E-state index < -0.39 is 0 Å². The Labute approximate surface area is 135 Å². The standard InChI is InChI=1S/C18H20N4O/c1-4-14-5-7-15(8-6-14)12(2)19-18(23)16-9-10-22-13(3)20-21-17(22)11-16/h5-12H,4H2,1-3H3,(H,19,23). The van der Waals surface area contributed by atoms with Gasteiger partial charge in [-0.1, -0.05) is 31.2 Å². The Morgan fingerprint density at radius 1 is 1.22 bits per heavy atom. The number of hydrogen-bond donors (Lipinski definition) is 1. The monoisotopic (exact) mass is 308 g/mol. The number of pyridine rings is 1. The van der Waals surface area contributed by atoms with E-state index in [9.17, 15) is 4.79 Å². The van der Waals surface area contributed by atoms with Gasteiger partial charge in [-0.25, -0.2) is 0 Å². The van der Waals surface area contributed by atoms with E-state index >= 15 is 0 Å². The summed E-state index contributed by atoms with van der Waals surface area (Å²) in [6.07, 6.45) is 2.83. The molecule has 0 aliphatic heterocycles. The van der Waals surface area contributed by atoms with Gasteiger partial charge in [-0.3, -0.25) is 9.20 Å². The molecule has 0 fully saturated rings. The van der Waals surface area contributed by atoms with Gasteiger partial charge < -0.3 is 5.32 Å². The number of hydrogen-bond acceptors (Lipinski definition) is 3. The molecule has 1 N–H and O–H groups in total. The fourth-order valence-corrected chi connectivity index (χ4v) is 2.56. The van der Waals surface area contributed by atoms with Crippen molar-refractivity contribution in [2.45, 2.75) is 33.2 Å². The van der Waals surface area contributed by atoms with Crippen LogP contribution < -0.4 is 5.32 Å². The third-order valence-electron chi connectivity index (χ3n) is 4.08. The van der Waals surface area contributed by atoms with E-state index in [1.54, 1.807) is 12.1 Å². The normalized spacial score (nSPS) is 12.3. The minimum Gasteiger partial charge on any atom is -0.346 e. The van der Waals surface area contributed by atoms with Crippen molar-refractivity contribution in [3.8, 4) is 0 Å². The van der Waals surface area contributed by atoms with Gasteiger partial charge in [0.2, 0.25) is 0 Å². The summed E-state index contributed by atoms with van der Waals surface area (Å²) in [5.41, 5.74) is 3.65. The number of carbonyl (C=O) groups excluding carboxylic acids is 1. The molecule has 1 atom stereocenters. The number of fused-ring (bicyclic) bond motifs is 1. The number of nitrogens with one attached hydrogen (secondary N) is 1. The SMILES string of the molecule is CCc1ccc(C(C)NC(=O)c2ccn3c(C)nnc3c2)cc1. The van der Waals surface area contributed by atoms with E-state index in [4.69, 9.17) is 0 Å². The molecule has 23 heavy (non-hydrogen) atoms. The predicted octanol–water partition coefficient (Wildman–Crippen LogP) is 3.09. The molecule has 118 valence electrons. The van der Waals surface area contributed by atoms with Crippen molar-refractivity contribution in [2.75, 3.05) is 0 Å². The van der Waals surface area contributed by atoms with Gasteiger partial charge in [0, 0.05) is 11.8 Å². The number of amides is 1. The van der Waals surface area contributed by atoms with Crippen LogP contribution in [-0.2, 0) is 6.42 Å². The van der Waals surface area contributed by atoms with E-state index in [1.807, 2.05) is 24.4 Å². The summed E-state index contributed by atoms with van der Waals surface area (Å²) < 4.78 is 1.85. The van der Waals surface area contributed by atoms with Crippen LogP contribution in [0.5, 0.6) is 0 Å². The first-order valence-corrected chi connectivity index (χ1v) is 7.79. The van der Waals surface area contributed by atoms with Crippen LogP contribution in [0.25, 0.3) is 5.65 Å². The van der Waals surface area contributed by atoms with Gasteiger partial charge in [0.25, 0.3) is 5.91 Å². The summed E-state index contributed by atoms with van der Waals surface area (Å²) in [5.74, 6) is 0.691. The maximum atomic E-state index is 12.4. The van der Waals surface area contributed by atoms with E-state index in [-0.39, 0.29) is 11.9 Å². The van der Waals surface area contributed by atoms with Gasteiger partial charge in [0.1, 0.15) is 5.82 Å². The number of benzene rings is 1. The summed E-state index contributed by atoms with van der Waals surface area (Å²) in [4.78, 5) is 12.4. The predicted molar refractivity (Wildman–Crippen MR) is 89.4 cm³/mol. The first-order valence-electron chi connectivity index (χ1n) is 7.79. The molecule has 0 saturated carbocycles. The highest BCUT2D eigenvalue weighted by molar-refractivity contribution is 5.95. The van der Waals surface area contributed by atoms with Crippen LogP contribution in [-0.4, -0.2) is 20.5 Å². The molecule has 0 bridgehead atoms. The topological polar surface area (TPSA) is 59.3 Å². The van der Waals surface area contributed by atoms with Crippen LogP contribution in [0.3, 0.4) is 0 Å². The van der Waals surface area contributed by atoms with Crippen molar-refractivity contribution in [1.82, 2.24) is 19.9 Å². The van der Waals surface area contributed by atoms with Crippen molar-refractivity contribution in [2.24, 2.45) is 0 Å². The fourth-order valence-electron chi connectivity index (χ4n) is 2.56. The second-order valence-electron chi connectivity index (χ2n) is 5.68. The number of aryl methyl sites for hydroxylation is 2. The lowest BCUT2D eigenvalue weighted by Crippen LogP contribution is -2.26. The molecule has 0 aliphatic rings. The van der Waals surface area contributed by atoms with Crippen molar-refractivity contribution < 1.29 is 4.79 Å². The maximum Gasteiger partial charge on any atom is 0.251 e. The average molecular weight is 308 g/mol. The molecule has 2 heterocycles. The largest absolute Gasteiger partial charge is 0.346 e. The second kappa shape index (κ2) is 6.20. The second-order valence-corrected chi connectivity index (χ2v) is 5.68. The molecule has 0 saturated heterocycles. The van der Waals surface area contributed by atoms with Crippen molar-refractivity contribution >= 4 is 11.6 Å². The van der Waals surface area contributed by atoms with Crippen molar-refractivity contribution in [3.05, 3.63) is 65.1 Å². The Kier molecular flexibility index (Phi) is 4.10. The Morgan fingerprint density at radius 3 is 2.65 bits per heavy atom. The molecule has 5 heteroatoms. The first kappa shape index (κ1) is 15.2. The first-order chi connectivity index (χ1) is 11.1. The third-order valence-corrected chi connectivity index (χ3v) is 4.08. The molecule has 1 aromatic carbocycles. The molecule has 5 nitrogen and oxygen atoms in total. The van der Waals surface area contributed by atoms with Crippen LogP contribution in [0.1, 0.15) is 47.2 Å². The molecule has 2 aromatic heterocycles. The number of carbonyl (C=O) groups is 1. The molecule has 0 spiro atoms. The smallest absolute Gasteiger partial charge is 0.251 e. The minimum absolute atomic E-state index is 0.0516. The summed E-state index contributed by atoms with van der Waals surface area (Å²) in [7, 11) is 0. The Bertz CT molecular complexity index is 836. The Hall–Kier alpha value is -2.69. The fraction of sp³-hybridized carbons (Fsp3) is 0.278. The quantitative estimate of drug-likeness (QED) is 0.805. The summed E-state index contributed by atoms with van der Waals surface area (Å²) >= 11 is 0. The van der Waals surface area contributed by atoms with Gasteiger partial charge in [-0.15, -0.1) is 10.2 Å². The lowest BCUT2D eigenvalue weighted by Gasteiger charge is -2.15. The van der Waals surface area contributed by atoms with Gasteiger partial charge in [0.05, 0.1) is 6.04 Å². The highest BCUT2D eigenvalue weighted by atomic mass is 16.1. The number of aromatic nitrogens is 3. The van der Waals surface area contributed by atoms with Crippen molar-refractivity contribution in [1.29, 1.82) is 0 Å². The number of rotatable bonds is 4. The molecule has 1 amide bonds. The zero-order chi connectivity index (χ0) is 16.4. The summed E-state index contributed by atoms with van der Waals surface area (Å²) in [5, 5.41) is 11.1. The van der Waals surface area contributed by atoms with E-state index in [0.717, 1.165) is 17.8 Å². The molecule has 1 unspecified atom stereocenters. The molecular weight excluding hydrogens is 288 g/mol. The van der Waals surface area contributed by atoms with E-state index in [0.29, 0.717) is 11.2 Å². The van der Waals surface area contributed by atoms with Crippen LogP contribution >= 0.6 is 0 Å². The summed E-state index contributed by atoms with van der Waals surface area (Å²) in [6, 6.07) is 11.8. The highest BCUT2D eigenvalue weighted by Crippen LogP contribution is 2.15. The molecule has 3 aromatic rings. The maximum absolute atomic E-state index is 12.4. The van der Waals surface area contributed by atoms with Crippen molar-refractivity contribution in [3.63, 3.8) is 0 Å². The van der Waals surface area contributed by atoms with Crippen LogP contribution in [0.15, 0.2) is 42.6 Å². The highest BCUT2D eigenvalue weighted by Gasteiger charge is 2.13. The lowest BCUT2D eigenvalue weighted by molar-refractivity contribution is 0.0940. The Morgan fingerprint density at radius 2 is 1.96 bits per heavy atom. The minimum atomic E-state index is -0.111. The van der Waals surface area contributed by atoms with Crippen LogP contribution in [0, 0.1) is 6.92 Å². The van der Waals surface area contributed by atoms with Crippen LogP contribution in [0.2, 0.25) is 0 Å². The van der Waals surface area contributed by atoms with Gasteiger partial charge >= 0.3 is 0 Å². The average Bonchev–Trinajstić information content (AvgIpc) is 2.95. The molecule has 3 rings (SSSR count). The molecule has 0 aliphatic carbocycles. The zero-order valence-electron chi connectivity index (χ0n) is 13.6. The lowest BCUT2D eigenvalue weighted by atomic mass is 10.0. The van der Waals surface area contributed by atoms with Crippen LogP contribution in [0.4, 0.5) is 0 Å². The third kappa shape index (κ3) is 3.08. The van der Waals surface area contributed by atoms with Gasteiger partial charge in [-0.05, 0) is 43.5 Å². The Balaban J connectivity index is 1.76. The van der Waals surface area contributed by atoms with E-state index in [2.05, 4.69) is 46.7 Å². The number of nitrogens with zero attached hydrogens (tertiary/aromatic N) is 3. The van der Waals surface area contributed by atoms with Gasteiger partial charge in [-0.2, -0.15) is 0 Å². The zero-order valence-corrected chi connectivity index (χ0v) is 13.6. The van der Waals surface area contributed by atoms with Gasteiger partial charge in [0.15, 0.2) is 5.65 Å². The summed E-state index contributed by atoms with van der Waals surface area (Å²) in [6.45, 7) is 5.99. The molecular formula is C18H20N4O. The molecule has 0 radical (unpaired) electrons. The van der Waals surface area contributed by atoms with E-state index in [1.165, 1.54) is 5.56 Å².